The van der Waals surface area contributed by atoms with Gasteiger partial charge in [-0.1, -0.05) is 122 Å². The van der Waals surface area contributed by atoms with Crippen LogP contribution < -0.4 is 5.19 Å². The number of hydrogen-bond donors (Lipinski definition) is 0. The van der Waals surface area contributed by atoms with Crippen LogP contribution in [0.4, 0.5) is 0 Å². The molecule has 1 aliphatic rings. The molecular formula is C29H30Si. The molecule has 3 aromatic rings. The molecule has 0 fully saturated rings. The highest BCUT2D eigenvalue weighted by atomic mass is 28.3. The summed E-state index contributed by atoms with van der Waals surface area (Å²) in [5.41, 5.74) is 7.86. The van der Waals surface area contributed by atoms with E-state index in [2.05, 4.69) is 123 Å². The van der Waals surface area contributed by atoms with E-state index in [0.29, 0.717) is 0 Å². The Hall–Kier alpha value is -2.90. The van der Waals surface area contributed by atoms with Crippen LogP contribution >= 0.6 is 0 Å². The number of hydrogen-bond acceptors (Lipinski definition) is 0. The Morgan fingerprint density at radius 3 is 1.97 bits per heavy atom. The van der Waals surface area contributed by atoms with E-state index in [4.69, 9.17) is 0 Å². The third kappa shape index (κ3) is 4.80. The number of rotatable bonds is 4. The average Bonchev–Trinajstić information content (AvgIpc) is 2.73. The monoisotopic (exact) mass is 406 g/mol. The number of benzene rings is 3. The maximum atomic E-state index is 2.40. The summed E-state index contributed by atoms with van der Waals surface area (Å²) in [5.74, 6) is 0. The Labute approximate surface area is 182 Å². The summed E-state index contributed by atoms with van der Waals surface area (Å²) in [6, 6.07) is 27.1. The van der Waals surface area contributed by atoms with Crippen LogP contribution in [0.1, 0.15) is 18.4 Å². The van der Waals surface area contributed by atoms with Crippen LogP contribution in [0.25, 0.3) is 27.8 Å². The van der Waals surface area contributed by atoms with Gasteiger partial charge in [0.15, 0.2) is 0 Å². The predicted octanol–water partition coefficient (Wildman–Crippen LogP) is 7.86. The maximum absolute atomic E-state index is 2.40. The van der Waals surface area contributed by atoms with Gasteiger partial charge >= 0.3 is 0 Å². The first-order chi connectivity index (χ1) is 14.5. The summed E-state index contributed by atoms with van der Waals surface area (Å²) in [6.45, 7) is 7.21. The van der Waals surface area contributed by atoms with Gasteiger partial charge in [-0.2, -0.15) is 0 Å². The Kier molecular flexibility index (Phi) is 6.01. The van der Waals surface area contributed by atoms with E-state index < -0.39 is 8.07 Å². The zero-order chi connectivity index (χ0) is 21.0. The minimum absolute atomic E-state index is 1.09. The van der Waals surface area contributed by atoms with Gasteiger partial charge in [-0.15, -0.1) is 0 Å². The first-order valence-corrected chi connectivity index (χ1v) is 14.3. The highest BCUT2D eigenvalue weighted by Gasteiger charge is 2.16. The summed E-state index contributed by atoms with van der Waals surface area (Å²) in [5, 5.41) is 1.51. The van der Waals surface area contributed by atoms with Crippen molar-refractivity contribution in [2.75, 3.05) is 0 Å². The second-order valence-electron chi connectivity index (χ2n) is 9.03. The number of allylic oxidation sites excluding steroid dienone is 6. The Morgan fingerprint density at radius 1 is 0.600 bits per heavy atom. The van der Waals surface area contributed by atoms with E-state index in [-0.39, 0.29) is 0 Å². The molecule has 0 aromatic heterocycles. The molecule has 0 nitrogen and oxygen atoms in total. The molecule has 0 radical (unpaired) electrons. The van der Waals surface area contributed by atoms with Gasteiger partial charge in [-0.25, -0.2) is 0 Å². The maximum Gasteiger partial charge on any atom is 0.0776 e. The third-order valence-electron chi connectivity index (χ3n) is 5.75. The lowest BCUT2D eigenvalue weighted by Crippen LogP contribution is -2.37. The van der Waals surface area contributed by atoms with Gasteiger partial charge < -0.3 is 0 Å². The lowest BCUT2D eigenvalue weighted by atomic mass is 9.95. The molecular weight excluding hydrogens is 376 g/mol. The minimum atomic E-state index is -1.32. The molecule has 0 saturated carbocycles. The average molecular weight is 407 g/mol. The summed E-state index contributed by atoms with van der Waals surface area (Å²) in [7, 11) is -1.32. The van der Waals surface area contributed by atoms with Gasteiger partial charge in [-0.3, -0.25) is 0 Å². The molecule has 0 atom stereocenters. The van der Waals surface area contributed by atoms with Crippen molar-refractivity contribution in [2.45, 2.75) is 32.5 Å². The summed E-state index contributed by atoms with van der Waals surface area (Å²) >= 11 is 0. The third-order valence-corrected chi connectivity index (χ3v) is 7.79. The minimum Gasteiger partial charge on any atom is -0.0842 e. The molecule has 30 heavy (non-hydrogen) atoms. The zero-order valence-corrected chi connectivity index (χ0v) is 19.2. The Bertz CT molecular complexity index is 1110. The molecule has 0 bridgehead atoms. The van der Waals surface area contributed by atoms with Crippen molar-refractivity contribution >= 4 is 18.8 Å². The normalized spacial score (nSPS) is 18.0. The molecule has 4 rings (SSSR count). The van der Waals surface area contributed by atoms with Crippen molar-refractivity contribution in [1.82, 2.24) is 0 Å². The van der Waals surface area contributed by atoms with E-state index in [9.17, 15) is 0 Å². The SMILES string of the molecule is C[Si](C)(C)c1cccc(-c2cccc(-c3ccc(/C4=C/C=C\C=C/CC4)cc3)c2)c1. The topological polar surface area (TPSA) is 0 Å². The van der Waals surface area contributed by atoms with Crippen molar-refractivity contribution in [1.29, 1.82) is 0 Å². The van der Waals surface area contributed by atoms with Crippen molar-refractivity contribution in [3.8, 4) is 22.3 Å². The molecule has 150 valence electrons. The molecule has 0 saturated heterocycles. The van der Waals surface area contributed by atoms with Crippen molar-refractivity contribution in [3.63, 3.8) is 0 Å². The first-order valence-electron chi connectivity index (χ1n) is 10.8. The predicted molar refractivity (Wildman–Crippen MR) is 136 cm³/mol. The second kappa shape index (κ2) is 8.85. The molecule has 0 N–H and O–H groups in total. The van der Waals surface area contributed by atoms with Crippen molar-refractivity contribution in [2.24, 2.45) is 0 Å². The summed E-state index contributed by atoms with van der Waals surface area (Å²) in [6.07, 6.45) is 13.0. The smallest absolute Gasteiger partial charge is 0.0776 e. The van der Waals surface area contributed by atoms with E-state index in [1.165, 1.54) is 38.6 Å². The first kappa shape index (κ1) is 20.4. The summed E-state index contributed by atoms with van der Waals surface area (Å²) < 4.78 is 0. The van der Waals surface area contributed by atoms with E-state index in [0.717, 1.165) is 12.8 Å². The molecule has 0 spiro atoms. The van der Waals surface area contributed by atoms with Crippen molar-refractivity contribution in [3.05, 3.63) is 109 Å². The molecule has 1 aliphatic carbocycles. The molecule has 3 aromatic carbocycles. The molecule has 0 unspecified atom stereocenters. The van der Waals surface area contributed by atoms with Crippen LogP contribution in [0, 0.1) is 0 Å². The zero-order valence-electron chi connectivity index (χ0n) is 18.2. The van der Waals surface area contributed by atoms with E-state index in [1.54, 1.807) is 0 Å². The molecule has 0 amide bonds. The van der Waals surface area contributed by atoms with Gasteiger partial charge in [0.2, 0.25) is 0 Å². The lowest BCUT2D eigenvalue weighted by Gasteiger charge is -2.17. The summed E-state index contributed by atoms with van der Waals surface area (Å²) in [4.78, 5) is 0. The lowest BCUT2D eigenvalue weighted by molar-refractivity contribution is 1.07. The van der Waals surface area contributed by atoms with Gasteiger partial charge in [-0.05, 0) is 52.3 Å². The fraction of sp³-hybridized carbons (Fsp3) is 0.172. The van der Waals surface area contributed by atoms with E-state index >= 15 is 0 Å². The fourth-order valence-electron chi connectivity index (χ4n) is 3.89. The van der Waals surface area contributed by atoms with E-state index in [1.807, 2.05) is 0 Å². The van der Waals surface area contributed by atoms with Crippen LogP contribution in [-0.4, -0.2) is 8.07 Å². The van der Waals surface area contributed by atoms with Crippen LogP contribution in [-0.2, 0) is 0 Å². The highest BCUT2D eigenvalue weighted by molar-refractivity contribution is 6.88. The van der Waals surface area contributed by atoms with Crippen LogP contribution in [0.2, 0.25) is 19.6 Å². The molecule has 0 aliphatic heterocycles. The highest BCUT2D eigenvalue weighted by Crippen LogP contribution is 2.29. The van der Waals surface area contributed by atoms with Crippen LogP contribution in [0.3, 0.4) is 0 Å². The second-order valence-corrected chi connectivity index (χ2v) is 14.1. The van der Waals surface area contributed by atoms with Gasteiger partial charge in [0.25, 0.3) is 0 Å². The quantitative estimate of drug-likeness (QED) is 0.387. The fourth-order valence-corrected chi connectivity index (χ4v) is 5.08. The van der Waals surface area contributed by atoms with Crippen LogP contribution in [0.15, 0.2) is 103 Å². The molecule has 1 heteroatoms. The van der Waals surface area contributed by atoms with Crippen LogP contribution in [0.5, 0.6) is 0 Å². The largest absolute Gasteiger partial charge is 0.0842 e. The Morgan fingerprint density at radius 2 is 1.23 bits per heavy atom. The van der Waals surface area contributed by atoms with Gasteiger partial charge in [0, 0.05) is 0 Å². The van der Waals surface area contributed by atoms with Gasteiger partial charge in [0.05, 0.1) is 8.07 Å². The Balaban J connectivity index is 1.62. The standard InChI is InChI=1S/C29H30Si/c1-30(2,3)29-16-10-15-28(22-29)27-14-9-13-26(21-27)25-19-17-24(18-20-25)23-11-7-5-4-6-8-12-23/h4-7,9-11,13-22H,8,12H2,1-3H3/b6-4-,7-5-,23-11+. The van der Waals surface area contributed by atoms with Gasteiger partial charge in [0.1, 0.15) is 0 Å². The molecule has 0 heterocycles. The van der Waals surface area contributed by atoms with Crippen molar-refractivity contribution < 1.29 is 0 Å².